The van der Waals surface area contributed by atoms with E-state index in [0.717, 1.165) is 17.0 Å². The molecule has 3 heterocycles. The van der Waals surface area contributed by atoms with Gasteiger partial charge in [0.15, 0.2) is 16.7 Å². The molecule has 3 saturated heterocycles. The molecule has 0 saturated carbocycles. The average molecular weight is 826 g/mol. The van der Waals surface area contributed by atoms with E-state index in [4.69, 9.17) is 32.1 Å². The molecule has 0 aliphatic carbocycles. The van der Waals surface area contributed by atoms with Crippen LogP contribution in [-0.4, -0.2) is 83.0 Å². The summed E-state index contributed by atoms with van der Waals surface area (Å²) in [6, 6.07) is 14.9. The molecule has 58 heavy (non-hydrogen) atoms. The molecule has 14 nitrogen and oxygen atoms in total. The molecule has 3 aliphatic heterocycles. The maximum atomic E-state index is 15.4. The number of carboxylic acid groups (broad SMARTS) is 1. The van der Waals surface area contributed by atoms with Crippen LogP contribution < -0.4 is 30.5 Å². The van der Waals surface area contributed by atoms with Crippen LogP contribution in [0.15, 0.2) is 60.7 Å². The third kappa shape index (κ3) is 9.87. The van der Waals surface area contributed by atoms with Crippen molar-refractivity contribution in [3.05, 3.63) is 77.6 Å². The zero-order chi connectivity index (χ0) is 42.4. The molecule has 6 rings (SSSR count). The molecule has 0 spiro atoms. The minimum atomic E-state index is -4.84. The number of thiocarbonyl (C=S) groups is 1. The summed E-state index contributed by atoms with van der Waals surface area (Å²) in [7, 11) is 0. The number of amides is 4. The third-order valence-corrected chi connectivity index (χ3v) is 10.2. The number of piperidine rings is 2. The number of nitriles is 1. The van der Waals surface area contributed by atoms with Crippen molar-refractivity contribution in [3.63, 3.8) is 0 Å². The van der Waals surface area contributed by atoms with E-state index in [-0.39, 0.29) is 71.9 Å². The predicted octanol–water partition coefficient (Wildman–Crippen LogP) is 5.28. The molecular formula is C39H39F4N7O7S. The number of nitrogens with zero attached hydrogens (tertiary/aromatic N) is 4. The summed E-state index contributed by atoms with van der Waals surface area (Å²) in [5.41, 5.74) is -1.97. The minimum Gasteiger partial charge on any atom is -0.490 e. The minimum absolute atomic E-state index is 0.0205. The van der Waals surface area contributed by atoms with Gasteiger partial charge >= 0.3 is 6.18 Å². The highest BCUT2D eigenvalue weighted by Crippen LogP contribution is 2.40. The van der Waals surface area contributed by atoms with Crippen LogP contribution in [0.25, 0.3) is 0 Å². The van der Waals surface area contributed by atoms with E-state index in [1.807, 2.05) is 4.90 Å². The highest BCUT2D eigenvalue weighted by Gasteiger charge is 2.51. The number of rotatable bonds is 10. The van der Waals surface area contributed by atoms with Crippen LogP contribution in [-0.2, 0) is 30.1 Å². The summed E-state index contributed by atoms with van der Waals surface area (Å²) in [6.07, 6.45) is -2.81. The number of anilines is 4. The van der Waals surface area contributed by atoms with E-state index in [0.29, 0.717) is 49.8 Å². The summed E-state index contributed by atoms with van der Waals surface area (Å²) < 4.78 is 62.3. The van der Waals surface area contributed by atoms with Crippen molar-refractivity contribution in [2.24, 2.45) is 5.92 Å². The average Bonchev–Trinajstić information content (AvgIpc) is 3.34. The van der Waals surface area contributed by atoms with Crippen LogP contribution in [0.2, 0.25) is 0 Å². The van der Waals surface area contributed by atoms with Gasteiger partial charge in [-0.2, -0.15) is 18.4 Å². The fourth-order valence-corrected chi connectivity index (χ4v) is 7.37. The lowest BCUT2D eigenvalue weighted by Gasteiger charge is -2.31. The van der Waals surface area contributed by atoms with Crippen LogP contribution in [0.3, 0.4) is 0 Å². The number of benzene rings is 3. The van der Waals surface area contributed by atoms with Crippen molar-refractivity contribution in [2.45, 2.75) is 57.3 Å². The second kappa shape index (κ2) is 18.0. The second-order valence-corrected chi connectivity index (χ2v) is 14.5. The Bertz CT molecular complexity index is 2140. The first-order chi connectivity index (χ1) is 27.5. The van der Waals surface area contributed by atoms with Gasteiger partial charge in [0.1, 0.15) is 11.6 Å². The van der Waals surface area contributed by atoms with Gasteiger partial charge < -0.3 is 25.4 Å². The standard InChI is InChI=1S/C38H37F4N7O5S.CH2O2/c1-37(2)35(53)48(26-7-6-23(19-43)28(17-26)38(40,41)42)36(55)49(37)27-8-10-31(29(39)18-27)54-21-22-12-14-47(15-13-22)20-33(51)45-25-5-3-4-24(16-25)44-30-9-11-32(50)46-34(30)52;2-1-3/h3-8,10,16-18,22,30,44H,9,11-15,20-21H2,1-2H3,(H,45,51)(H,46,50,52);1H,(H,2,3). The van der Waals surface area contributed by atoms with E-state index in [1.165, 1.54) is 43.0 Å². The van der Waals surface area contributed by atoms with E-state index in [1.54, 1.807) is 24.3 Å². The van der Waals surface area contributed by atoms with Gasteiger partial charge in [-0.05, 0) is 113 Å². The van der Waals surface area contributed by atoms with E-state index in [9.17, 15) is 32.3 Å². The third-order valence-electron chi connectivity index (χ3n) is 9.80. The zero-order valence-corrected chi connectivity index (χ0v) is 32.1. The maximum Gasteiger partial charge on any atom is 0.417 e. The Morgan fingerprint density at radius 1 is 1.05 bits per heavy atom. The Morgan fingerprint density at radius 3 is 2.36 bits per heavy atom. The number of nitrogens with one attached hydrogen (secondary N) is 3. The molecule has 0 aromatic heterocycles. The normalized spacial score (nSPS) is 18.5. The Balaban J connectivity index is 0.00000207. The van der Waals surface area contributed by atoms with Gasteiger partial charge in [-0.25, -0.2) is 4.39 Å². The fourth-order valence-electron chi connectivity index (χ4n) is 6.85. The van der Waals surface area contributed by atoms with Crippen LogP contribution in [0, 0.1) is 23.1 Å². The van der Waals surface area contributed by atoms with Gasteiger partial charge in [-0.1, -0.05) is 6.07 Å². The van der Waals surface area contributed by atoms with Crippen molar-refractivity contribution in [1.82, 2.24) is 10.2 Å². The predicted molar refractivity (Wildman–Crippen MR) is 207 cm³/mol. The lowest BCUT2D eigenvalue weighted by molar-refractivity contribution is -0.138. The lowest BCUT2D eigenvalue weighted by atomic mass is 9.98. The Labute approximate surface area is 335 Å². The molecule has 4 amide bonds. The molecule has 4 N–H and O–H groups in total. The van der Waals surface area contributed by atoms with E-state index in [2.05, 4.69) is 16.0 Å². The van der Waals surface area contributed by atoms with Crippen molar-refractivity contribution >= 4 is 70.2 Å². The largest absolute Gasteiger partial charge is 0.490 e. The number of ether oxygens (including phenoxy) is 1. The SMILES string of the molecule is CC1(C)C(=O)N(c2ccc(C#N)c(C(F)(F)F)c2)C(=S)N1c1ccc(OCC2CCN(CC(=O)Nc3cccc(NC4CCC(=O)NC4=O)c3)CC2)c(F)c1.O=CO. The number of hydrogen-bond donors (Lipinski definition) is 4. The molecule has 1 unspecified atom stereocenters. The fraction of sp³-hybridized carbons (Fsp3) is 0.359. The van der Waals surface area contributed by atoms with Gasteiger partial charge in [0, 0.05) is 29.5 Å². The highest BCUT2D eigenvalue weighted by molar-refractivity contribution is 7.81. The monoisotopic (exact) mass is 825 g/mol. The van der Waals surface area contributed by atoms with Crippen LogP contribution in [0.4, 0.5) is 40.3 Å². The number of carbonyl (C=O) groups is 5. The molecule has 3 aromatic carbocycles. The molecule has 3 fully saturated rings. The van der Waals surface area contributed by atoms with Crippen molar-refractivity contribution in [1.29, 1.82) is 5.26 Å². The number of halogens is 4. The van der Waals surface area contributed by atoms with Gasteiger partial charge in [0.25, 0.3) is 12.4 Å². The zero-order valence-electron chi connectivity index (χ0n) is 31.3. The van der Waals surface area contributed by atoms with Gasteiger partial charge in [0.2, 0.25) is 17.7 Å². The first kappa shape index (κ1) is 43.0. The molecule has 0 bridgehead atoms. The Hall–Kier alpha value is -6.13. The molecule has 19 heteroatoms. The van der Waals surface area contributed by atoms with E-state index < -0.39 is 40.6 Å². The summed E-state index contributed by atoms with van der Waals surface area (Å²) in [5, 5.41) is 24.2. The van der Waals surface area contributed by atoms with E-state index >= 15 is 4.39 Å². The van der Waals surface area contributed by atoms with Gasteiger partial charge in [0.05, 0.1) is 36.0 Å². The van der Waals surface area contributed by atoms with Gasteiger partial charge in [-0.15, -0.1) is 0 Å². The smallest absolute Gasteiger partial charge is 0.417 e. The second-order valence-electron chi connectivity index (χ2n) is 14.2. The number of likely N-dealkylation sites (tertiary alicyclic amines) is 1. The number of carbonyl (C=O) groups excluding carboxylic acids is 4. The molecular weight excluding hydrogens is 787 g/mol. The van der Waals surface area contributed by atoms with Gasteiger partial charge in [-0.3, -0.25) is 39.1 Å². The molecule has 0 radical (unpaired) electrons. The summed E-state index contributed by atoms with van der Waals surface area (Å²) >= 11 is 5.55. The number of imide groups is 1. The molecule has 3 aliphatic rings. The summed E-state index contributed by atoms with van der Waals surface area (Å²) in [5.74, 6) is -2.17. The summed E-state index contributed by atoms with van der Waals surface area (Å²) in [6.45, 7) is 4.43. The number of alkyl halides is 3. The van der Waals surface area contributed by atoms with Crippen molar-refractivity contribution in [2.75, 3.05) is 46.7 Å². The maximum absolute atomic E-state index is 15.4. The molecule has 306 valence electrons. The highest BCUT2D eigenvalue weighted by atomic mass is 32.1. The van der Waals surface area contributed by atoms with Crippen molar-refractivity contribution in [3.8, 4) is 11.8 Å². The summed E-state index contributed by atoms with van der Waals surface area (Å²) in [4.78, 5) is 62.5. The van der Waals surface area contributed by atoms with Crippen LogP contribution in [0.1, 0.15) is 50.7 Å². The first-order valence-electron chi connectivity index (χ1n) is 18.0. The molecule has 3 aromatic rings. The Kier molecular flexibility index (Phi) is 13.3. The first-order valence-corrected chi connectivity index (χ1v) is 18.4. The van der Waals surface area contributed by atoms with Crippen molar-refractivity contribution < 1.29 is 51.4 Å². The quantitative estimate of drug-likeness (QED) is 0.0900. The lowest BCUT2D eigenvalue weighted by Crippen LogP contribution is -2.47. The number of hydrogen-bond acceptors (Lipinski definition) is 10. The van der Waals surface area contributed by atoms with Crippen LogP contribution in [0.5, 0.6) is 5.75 Å². The molecule has 1 atom stereocenters. The van der Waals surface area contributed by atoms with Crippen LogP contribution >= 0.6 is 12.2 Å². The Morgan fingerprint density at radius 2 is 1.72 bits per heavy atom. The topological polar surface area (TPSA) is 184 Å².